The van der Waals surface area contributed by atoms with Gasteiger partial charge in [-0.2, -0.15) is 8.78 Å². The smallest absolute Gasteiger partial charge is 0.387 e. The maximum atomic E-state index is 12.6. The molecule has 1 amide bonds. The summed E-state index contributed by atoms with van der Waals surface area (Å²) < 4.78 is 30.6. The fourth-order valence-corrected chi connectivity index (χ4v) is 2.55. The number of carbonyl (C=O) groups is 1. The Morgan fingerprint density at radius 1 is 1.23 bits per heavy atom. The van der Waals surface area contributed by atoms with Crippen molar-refractivity contribution in [1.29, 1.82) is 0 Å². The van der Waals surface area contributed by atoms with Crippen LogP contribution in [-0.2, 0) is 0 Å². The van der Waals surface area contributed by atoms with E-state index in [4.69, 9.17) is 0 Å². The highest BCUT2D eigenvalue weighted by Gasteiger charge is 2.16. The van der Waals surface area contributed by atoms with Crippen molar-refractivity contribution in [2.45, 2.75) is 20.5 Å². The third-order valence-corrected chi connectivity index (χ3v) is 3.74. The van der Waals surface area contributed by atoms with Gasteiger partial charge in [-0.3, -0.25) is 4.79 Å². The van der Waals surface area contributed by atoms with Crippen LogP contribution in [0.4, 0.5) is 8.78 Å². The van der Waals surface area contributed by atoms with Gasteiger partial charge in [0.15, 0.2) is 5.75 Å². The Balaban J connectivity index is 2.15. The molecule has 3 aromatic rings. The molecule has 0 bridgehead atoms. The number of hydrogen-bond donors (Lipinski definition) is 1. The minimum Gasteiger partial charge on any atom is -0.432 e. The molecule has 0 unspecified atom stereocenters. The number of alkyl halides is 2. The van der Waals surface area contributed by atoms with E-state index in [0.29, 0.717) is 22.0 Å². The second kappa shape index (κ2) is 6.91. The van der Waals surface area contributed by atoms with Crippen molar-refractivity contribution in [2.24, 2.45) is 4.99 Å². The summed E-state index contributed by atoms with van der Waals surface area (Å²) in [6, 6.07) is 7.45. The normalized spacial score (nSPS) is 12.0. The number of aryl methyl sites for hydroxylation is 2. The van der Waals surface area contributed by atoms with Gasteiger partial charge in [-0.15, -0.1) is 0 Å². The molecule has 1 aromatic carbocycles. The van der Waals surface area contributed by atoms with Crippen LogP contribution < -0.4 is 10.1 Å². The van der Waals surface area contributed by atoms with Crippen LogP contribution in [-0.4, -0.2) is 27.4 Å². The molecular weight excluding hydrogens is 344 g/mol. The van der Waals surface area contributed by atoms with Gasteiger partial charge in [-0.1, -0.05) is 6.07 Å². The summed E-state index contributed by atoms with van der Waals surface area (Å²) in [5.41, 5.74) is 1.59. The first-order valence-corrected chi connectivity index (χ1v) is 7.67. The Kier molecular flexibility index (Phi) is 4.66. The number of nitrogens with zero attached hydrogens (tertiary/aromatic N) is 3. The lowest BCUT2D eigenvalue weighted by molar-refractivity contribution is -0.0489. The summed E-state index contributed by atoms with van der Waals surface area (Å²) in [5, 5.41) is 10.1. The molecule has 1 N–H and O–H groups in total. The summed E-state index contributed by atoms with van der Waals surface area (Å²) in [7, 11) is 0. The highest BCUT2D eigenvalue weighted by atomic mass is 19.3. The van der Waals surface area contributed by atoms with Crippen LogP contribution in [0.3, 0.4) is 0 Å². The Morgan fingerprint density at radius 2 is 2.00 bits per heavy atom. The van der Waals surface area contributed by atoms with Crippen LogP contribution in [0.5, 0.6) is 5.75 Å². The second-order valence-corrected chi connectivity index (χ2v) is 5.65. The molecule has 0 radical (unpaired) electrons. The number of carbonyl (C=O) groups excluding carboxylic acids is 1. The van der Waals surface area contributed by atoms with E-state index in [0.717, 1.165) is 4.73 Å². The van der Waals surface area contributed by atoms with E-state index in [1.807, 2.05) is 0 Å². The van der Waals surface area contributed by atoms with Gasteiger partial charge in [-0.05, 0) is 43.7 Å². The summed E-state index contributed by atoms with van der Waals surface area (Å²) in [6.45, 7) is 0.410. The summed E-state index contributed by atoms with van der Waals surface area (Å²) in [5.74, 6) is -0.657. The Labute approximate surface area is 147 Å². The molecule has 2 aromatic heterocycles. The summed E-state index contributed by atoms with van der Waals surface area (Å²) in [4.78, 5) is 20.9. The number of rotatable bonds is 3. The number of halogens is 2. The van der Waals surface area contributed by atoms with Crippen molar-refractivity contribution in [2.75, 3.05) is 0 Å². The monoisotopic (exact) mass is 359 g/mol. The maximum absolute atomic E-state index is 12.6. The zero-order chi connectivity index (χ0) is 18.8. The fourth-order valence-electron chi connectivity index (χ4n) is 2.55. The van der Waals surface area contributed by atoms with Gasteiger partial charge < -0.3 is 9.94 Å². The first-order chi connectivity index (χ1) is 12.3. The first kappa shape index (κ1) is 17.5. The molecular formula is C18H15F2N3O3. The molecule has 26 heavy (non-hydrogen) atoms. The molecule has 3 rings (SSSR count). The molecule has 134 valence electrons. The molecule has 2 heterocycles. The van der Waals surface area contributed by atoms with E-state index >= 15 is 0 Å². The predicted octanol–water partition coefficient (Wildman–Crippen LogP) is 3.23. The highest BCUT2D eigenvalue weighted by Crippen LogP contribution is 2.29. The zero-order valence-corrected chi connectivity index (χ0v) is 14.0. The fraction of sp³-hybridized carbons (Fsp3) is 0.167. The minimum absolute atomic E-state index is 0.104. The van der Waals surface area contributed by atoms with Crippen LogP contribution in [0.1, 0.15) is 21.6 Å². The molecule has 0 aliphatic carbocycles. The number of ether oxygens (including phenoxy) is 1. The van der Waals surface area contributed by atoms with Crippen molar-refractivity contribution in [3.63, 3.8) is 0 Å². The van der Waals surface area contributed by atoms with Gasteiger partial charge in [0, 0.05) is 23.5 Å². The molecule has 0 spiro atoms. The minimum atomic E-state index is -3.00. The van der Waals surface area contributed by atoms with Crippen molar-refractivity contribution in [3.05, 3.63) is 64.9 Å². The van der Waals surface area contributed by atoms with Crippen LogP contribution in [0, 0.1) is 13.8 Å². The summed E-state index contributed by atoms with van der Waals surface area (Å²) in [6.07, 6.45) is 2.76. The number of benzene rings is 1. The van der Waals surface area contributed by atoms with Gasteiger partial charge in [0.25, 0.3) is 5.91 Å². The zero-order valence-electron chi connectivity index (χ0n) is 14.0. The number of hydrogen-bond acceptors (Lipinski definition) is 4. The van der Waals surface area contributed by atoms with Crippen LogP contribution >= 0.6 is 0 Å². The van der Waals surface area contributed by atoms with Crippen LogP contribution in [0.25, 0.3) is 10.9 Å². The second-order valence-electron chi connectivity index (χ2n) is 5.65. The molecule has 0 saturated carbocycles. The first-order valence-electron chi connectivity index (χ1n) is 7.67. The number of pyridine rings is 2. The van der Waals surface area contributed by atoms with Gasteiger partial charge in [-0.25, -0.2) is 14.7 Å². The average Bonchev–Trinajstić information content (AvgIpc) is 2.57. The maximum Gasteiger partial charge on any atom is 0.387 e. The largest absolute Gasteiger partial charge is 0.432 e. The molecule has 0 saturated heterocycles. The topological polar surface area (TPSA) is 76.7 Å². The molecule has 6 nitrogen and oxygen atoms in total. The van der Waals surface area contributed by atoms with E-state index in [2.05, 4.69) is 14.7 Å². The van der Waals surface area contributed by atoms with Crippen molar-refractivity contribution < 1.29 is 23.5 Å². The van der Waals surface area contributed by atoms with E-state index in [1.54, 1.807) is 26.0 Å². The Bertz CT molecular complexity index is 1060. The van der Waals surface area contributed by atoms with Crippen LogP contribution in [0.15, 0.2) is 47.7 Å². The number of aromatic nitrogens is 2. The van der Waals surface area contributed by atoms with E-state index < -0.39 is 12.5 Å². The van der Waals surface area contributed by atoms with Crippen molar-refractivity contribution >= 4 is 16.8 Å². The van der Waals surface area contributed by atoms with Gasteiger partial charge >= 0.3 is 6.61 Å². The molecule has 0 atom stereocenters. The lowest BCUT2D eigenvalue weighted by atomic mass is 10.1. The quantitative estimate of drug-likeness (QED) is 0.729. The lowest BCUT2D eigenvalue weighted by Gasteiger charge is -2.10. The predicted molar refractivity (Wildman–Crippen MR) is 89.4 cm³/mol. The average molecular weight is 359 g/mol. The third kappa shape index (κ3) is 3.53. The number of amides is 1. The molecule has 0 aliphatic heterocycles. The third-order valence-electron chi connectivity index (χ3n) is 3.74. The SMILES string of the molecule is Cc1ccc2c(C(=O)N=c3ccn(O)cc3C)ccc(OC(F)F)c2n1. The van der Waals surface area contributed by atoms with Crippen molar-refractivity contribution in [1.82, 2.24) is 9.71 Å². The van der Waals surface area contributed by atoms with E-state index in [-0.39, 0.29) is 16.8 Å². The molecule has 8 heteroatoms. The van der Waals surface area contributed by atoms with Crippen LogP contribution in [0.2, 0.25) is 0 Å². The van der Waals surface area contributed by atoms with E-state index in [9.17, 15) is 18.8 Å². The highest BCUT2D eigenvalue weighted by molar-refractivity contribution is 6.08. The van der Waals surface area contributed by atoms with Crippen molar-refractivity contribution in [3.8, 4) is 5.75 Å². The van der Waals surface area contributed by atoms with E-state index in [1.165, 1.54) is 30.6 Å². The standard InChI is InChI=1S/C18H15F2N3O3/c1-10-9-23(25)8-7-14(10)22-17(24)13-5-6-15(26-18(19)20)16-12(13)4-3-11(2)21-16/h3-9,18,25H,1-2H3. The number of fused-ring (bicyclic) bond motifs is 1. The van der Waals surface area contributed by atoms with Gasteiger partial charge in [0.2, 0.25) is 0 Å². The summed E-state index contributed by atoms with van der Waals surface area (Å²) >= 11 is 0. The van der Waals surface area contributed by atoms with Gasteiger partial charge in [0.05, 0.1) is 10.9 Å². The molecule has 0 fully saturated rings. The Morgan fingerprint density at radius 3 is 2.69 bits per heavy atom. The molecule has 0 aliphatic rings. The Hall–Kier alpha value is -3.29. The van der Waals surface area contributed by atoms with Gasteiger partial charge in [0.1, 0.15) is 5.52 Å². The lowest BCUT2D eigenvalue weighted by Crippen LogP contribution is -2.13.